The second-order valence-electron chi connectivity index (χ2n) is 7.59. The molecule has 0 amide bonds. The van der Waals surface area contributed by atoms with Gasteiger partial charge in [0, 0.05) is 30.9 Å². The molecule has 0 saturated carbocycles. The Morgan fingerprint density at radius 1 is 1.00 bits per heavy atom. The highest BCUT2D eigenvalue weighted by molar-refractivity contribution is 5.86. The van der Waals surface area contributed by atoms with Gasteiger partial charge in [0.15, 0.2) is 11.5 Å². The third-order valence-corrected chi connectivity index (χ3v) is 5.60. The van der Waals surface area contributed by atoms with Gasteiger partial charge in [-0.25, -0.2) is 4.79 Å². The monoisotopic (exact) mass is 430 g/mol. The fourth-order valence-electron chi connectivity index (χ4n) is 3.99. The van der Waals surface area contributed by atoms with Gasteiger partial charge in [-0.3, -0.25) is 9.88 Å². The van der Waals surface area contributed by atoms with Crippen LogP contribution in [0.25, 0.3) is 22.1 Å². The summed E-state index contributed by atoms with van der Waals surface area (Å²) in [5, 5.41) is 0.836. The zero-order chi connectivity index (χ0) is 22.1. The molecule has 2 aromatic heterocycles. The van der Waals surface area contributed by atoms with Gasteiger partial charge in [-0.2, -0.15) is 0 Å². The zero-order valence-corrected chi connectivity index (χ0v) is 17.8. The fourth-order valence-corrected chi connectivity index (χ4v) is 3.99. The van der Waals surface area contributed by atoms with Gasteiger partial charge in [-0.05, 0) is 53.6 Å². The molecule has 7 nitrogen and oxygen atoms in total. The van der Waals surface area contributed by atoms with Crippen molar-refractivity contribution in [1.29, 1.82) is 0 Å². The van der Waals surface area contributed by atoms with E-state index >= 15 is 0 Å². The summed E-state index contributed by atoms with van der Waals surface area (Å²) in [6, 6.07) is 15.0. The van der Waals surface area contributed by atoms with Crippen LogP contribution in [0.1, 0.15) is 11.1 Å². The summed E-state index contributed by atoms with van der Waals surface area (Å²) in [7, 11) is 3.14. The van der Waals surface area contributed by atoms with Gasteiger partial charge >= 0.3 is 5.63 Å². The van der Waals surface area contributed by atoms with Crippen molar-refractivity contribution < 1.29 is 18.6 Å². The Kier molecular flexibility index (Phi) is 5.25. The summed E-state index contributed by atoms with van der Waals surface area (Å²) in [6.45, 7) is 1.80. The van der Waals surface area contributed by atoms with Crippen molar-refractivity contribution in [2.75, 3.05) is 21.0 Å². The molecule has 0 N–H and O–H groups in total. The van der Waals surface area contributed by atoms with Crippen molar-refractivity contribution in [1.82, 2.24) is 9.88 Å². The number of methoxy groups -OCH3 is 2. The third-order valence-electron chi connectivity index (χ3n) is 5.60. The lowest BCUT2D eigenvalue weighted by atomic mass is 10.0. The molecule has 3 heterocycles. The minimum absolute atomic E-state index is 0.413. The molecule has 0 unspecified atom stereocenters. The van der Waals surface area contributed by atoms with Crippen LogP contribution in [0.15, 0.2) is 70.1 Å². The quantitative estimate of drug-likeness (QED) is 0.439. The highest BCUT2D eigenvalue weighted by atomic mass is 16.5. The van der Waals surface area contributed by atoms with Crippen molar-refractivity contribution in [3.63, 3.8) is 0 Å². The lowest BCUT2D eigenvalue weighted by Crippen LogP contribution is -2.31. The molecule has 1 aliphatic rings. The number of ether oxygens (including phenoxy) is 3. The molecule has 4 aromatic rings. The van der Waals surface area contributed by atoms with E-state index in [1.165, 1.54) is 0 Å². The van der Waals surface area contributed by atoms with Crippen LogP contribution in [0, 0.1) is 0 Å². The van der Waals surface area contributed by atoms with Gasteiger partial charge in [0.2, 0.25) is 0 Å². The Balaban J connectivity index is 1.52. The number of benzene rings is 2. The lowest BCUT2D eigenvalue weighted by Gasteiger charge is -2.29. The van der Waals surface area contributed by atoms with E-state index in [4.69, 9.17) is 18.6 Å². The van der Waals surface area contributed by atoms with Gasteiger partial charge in [0.25, 0.3) is 0 Å². The molecule has 5 rings (SSSR count). The Morgan fingerprint density at radius 2 is 1.81 bits per heavy atom. The molecule has 0 fully saturated rings. The van der Waals surface area contributed by atoms with E-state index in [9.17, 15) is 4.79 Å². The Morgan fingerprint density at radius 3 is 2.59 bits per heavy atom. The van der Waals surface area contributed by atoms with Crippen LogP contribution >= 0.6 is 0 Å². The largest absolute Gasteiger partial charge is 0.493 e. The molecular formula is C25H22N2O5. The topological polar surface area (TPSA) is 74.0 Å². The maximum absolute atomic E-state index is 12.9. The Hall–Kier alpha value is -3.84. The third kappa shape index (κ3) is 3.67. The molecule has 0 spiro atoms. The average molecular weight is 430 g/mol. The maximum atomic E-state index is 12.9. The molecule has 7 heteroatoms. The van der Waals surface area contributed by atoms with Crippen LogP contribution in [0.2, 0.25) is 0 Å². The van der Waals surface area contributed by atoms with Crippen molar-refractivity contribution in [2.24, 2.45) is 0 Å². The predicted molar refractivity (Wildman–Crippen MR) is 120 cm³/mol. The zero-order valence-electron chi connectivity index (χ0n) is 17.8. The first-order valence-electron chi connectivity index (χ1n) is 10.2. The summed E-state index contributed by atoms with van der Waals surface area (Å²) in [6.07, 6.45) is 3.55. The standard InChI is InChI=1S/C25H22N2O5/c1-29-22-6-3-17(12-23(22)30-2)19-11-18-4-5-21-20(24(18)32-25(19)28)14-27(15-31-21)13-16-7-9-26-10-8-16/h3-12H,13-15H2,1-2H3. The number of aromatic nitrogens is 1. The molecule has 162 valence electrons. The summed E-state index contributed by atoms with van der Waals surface area (Å²) in [5.41, 5.74) is 3.32. The van der Waals surface area contributed by atoms with Crippen LogP contribution in [-0.2, 0) is 13.1 Å². The first kappa shape index (κ1) is 20.1. The van der Waals surface area contributed by atoms with Gasteiger partial charge in [-0.15, -0.1) is 0 Å². The van der Waals surface area contributed by atoms with E-state index < -0.39 is 5.63 Å². The minimum Gasteiger partial charge on any atom is -0.493 e. The number of rotatable bonds is 5. The van der Waals surface area contributed by atoms with E-state index in [-0.39, 0.29) is 0 Å². The molecule has 32 heavy (non-hydrogen) atoms. The second-order valence-corrected chi connectivity index (χ2v) is 7.59. The average Bonchev–Trinajstić information content (AvgIpc) is 2.84. The van der Waals surface area contributed by atoms with Crippen LogP contribution in [-0.4, -0.2) is 30.8 Å². The first-order chi connectivity index (χ1) is 15.7. The number of hydrogen-bond donors (Lipinski definition) is 0. The number of fused-ring (bicyclic) bond motifs is 3. The first-order valence-corrected chi connectivity index (χ1v) is 10.2. The minimum atomic E-state index is -0.413. The summed E-state index contributed by atoms with van der Waals surface area (Å²) in [4.78, 5) is 19.2. The Labute approximate surface area is 184 Å². The van der Waals surface area contributed by atoms with Crippen LogP contribution in [0.5, 0.6) is 17.2 Å². The molecule has 0 radical (unpaired) electrons. The van der Waals surface area contributed by atoms with E-state index in [0.717, 1.165) is 22.3 Å². The van der Waals surface area contributed by atoms with Crippen molar-refractivity contribution >= 4 is 11.0 Å². The van der Waals surface area contributed by atoms with Crippen LogP contribution in [0.4, 0.5) is 0 Å². The van der Waals surface area contributed by atoms with E-state index in [1.807, 2.05) is 36.4 Å². The van der Waals surface area contributed by atoms with Crippen LogP contribution < -0.4 is 19.8 Å². The Bertz CT molecular complexity index is 1330. The number of pyridine rings is 1. The number of nitrogens with zero attached hydrogens (tertiary/aromatic N) is 2. The van der Waals surface area contributed by atoms with Crippen molar-refractivity contribution in [3.8, 4) is 28.4 Å². The van der Waals surface area contributed by atoms with Gasteiger partial charge in [0.1, 0.15) is 18.1 Å². The second kappa shape index (κ2) is 8.36. The molecule has 0 aliphatic carbocycles. The predicted octanol–water partition coefficient (Wildman–Crippen LogP) is 4.22. The SMILES string of the molecule is COc1ccc(-c2cc3ccc4c(c3oc2=O)CN(Cc2ccncc2)CO4)cc1OC. The van der Waals surface area contributed by atoms with Gasteiger partial charge < -0.3 is 18.6 Å². The van der Waals surface area contributed by atoms with Crippen molar-refractivity contribution in [3.05, 3.63) is 82.5 Å². The summed E-state index contributed by atoms with van der Waals surface area (Å²) < 4.78 is 22.4. The maximum Gasteiger partial charge on any atom is 0.344 e. The van der Waals surface area contributed by atoms with E-state index in [0.29, 0.717) is 48.0 Å². The molecule has 0 saturated heterocycles. The van der Waals surface area contributed by atoms with E-state index in [1.54, 1.807) is 38.7 Å². The smallest absolute Gasteiger partial charge is 0.344 e. The highest BCUT2D eigenvalue weighted by Gasteiger charge is 2.22. The number of hydrogen-bond acceptors (Lipinski definition) is 7. The summed E-state index contributed by atoms with van der Waals surface area (Å²) >= 11 is 0. The highest BCUT2D eigenvalue weighted by Crippen LogP contribution is 2.35. The lowest BCUT2D eigenvalue weighted by molar-refractivity contribution is 0.0889. The molecular weight excluding hydrogens is 408 g/mol. The fraction of sp³-hybridized carbons (Fsp3) is 0.200. The van der Waals surface area contributed by atoms with Gasteiger partial charge in [0.05, 0.1) is 25.3 Å². The van der Waals surface area contributed by atoms with Crippen molar-refractivity contribution in [2.45, 2.75) is 13.1 Å². The molecule has 2 aromatic carbocycles. The normalized spacial score (nSPS) is 13.4. The van der Waals surface area contributed by atoms with E-state index in [2.05, 4.69) is 9.88 Å². The van der Waals surface area contributed by atoms with Gasteiger partial charge in [-0.1, -0.05) is 6.07 Å². The summed E-state index contributed by atoms with van der Waals surface area (Å²) in [5.74, 6) is 1.89. The molecule has 0 bridgehead atoms. The molecule has 1 aliphatic heterocycles. The molecule has 0 atom stereocenters. The van der Waals surface area contributed by atoms with Crippen LogP contribution in [0.3, 0.4) is 0 Å².